The van der Waals surface area contributed by atoms with Crippen LogP contribution in [0.5, 0.6) is 0 Å². The second-order valence-corrected chi connectivity index (χ2v) is 7.41. The topological polar surface area (TPSA) is 60.8 Å². The number of unbranched alkanes of at least 4 members (excludes halogenated alkanes) is 3. The van der Waals surface area contributed by atoms with Crippen LogP contribution in [0.15, 0.2) is 24.3 Å². The van der Waals surface area contributed by atoms with E-state index >= 15 is 0 Å². The Labute approximate surface area is 157 Å². The van der Waals surface area contributed by atoms with Crippen LogP contribution in [-0.2, 0) is 4.79 Å². The van der Waals surface area contributed by atoms with E-state index in [0.29, 0.717) is 12.5 Å². The zero-order valence-corrected chi connectivity index (χ0v) is 16.2. The first-order valence-electron chi connectivity index (χ1n) is 9.64. The van der Waals surface area contributed by atoms with Gasteiger partial charge in [0, 0.05) is 25.6 Å². The first-order chi connectivity index (χ1) is 12.0. The zero-order valence-electron chi connectivity index (χ0n) is 15.4. The summed E-state index contributed by atoms with van der Waals surface area (Å²) < 4.78 is 0. The molecule has 25 heavy (non-hydrogen) atoms. The first-order valence-corrected chi connectivity index (χ1v) is 10.1. The number of alkyl halides is 1. The Hall–Kier alpha value is -0.840. The normalized spacial score (nSPS) is 23.0. The van der Waals surface area contributed by atoms with Gasteiger partial charge in [-0.2, -0.15) is 0 Å². The van der Waals surface area contributed by atoms with E-state index < -0.39 is 5.97 Å². The summed E-state index contributed by atoms with van der Waals surface area (Å²) in [7, 11) is 0. The van der Waals surface area contributed by atoms with Gasteiger partial charge < -0.3 is 10.2 Å². The van der Waals surface area contributed by atoms with Crippen molar-refractivity contribution >= 4 is 17.6 Å². The predicted octanol–water partition coefficient (Wildman–Crippen LogP) is 4.37. The summed E-state index contributed by atoms with van der Waals surface area (Å²) >= 11 is 6.45. The molecule has 1 aliphatic heterocycles. The molecule has 1 rings (SSSR count). The second-order valence-electron chi connectivity index (χ2n) is 6.85. The molecule has 3 atom stereocenters. The summed E-state index contributed by atoms with van der Waals surface area (Å²) in [5.41, 5.74) is 0. The van der Waals surface area contributed by atoms with Crippen LogP contribution in [0.1, 0.15) is 64.7 Å². The van der Waals surface area contributed by atoms with Crippen molar-refractivity contribution in [2.45, 2.75) is 82.2 Å². The minimum Gasteiger partial charge on any atom is -0.481 e. The summed E-state index contributed by atoms with van der Waals surface area (Å²) in [6, 6.07) is 0.319. The molecular formula is C20H34ClNO3. The van der Waals surface area contributed by atoms with Gasteiger partial charge in [-0.25, -0.2) is 0 Å². The molecular weight excluding hydrogens is 338 g/mol. The van der Waals surface area contributed by atoms with Gasteiger partial charge >= 0.3 is 5.97 Å². The quantitative estimate of drug-likeness (QED) is 0.287. The number of allylic oxidation sites excluding steroid dienone is 1. The van der Waals surface area contributed by atoms with E-state index in [2.05, 4.69) is 30.1 Å². The lowest BCUT2D eigenvalue weighted by Crippen LogP contribution is -2.33. The fourth-order valence-electron chi connectivity index (χ4n) is 3.18. The number of carboxylic acids is 1. The smallest absolute Gasteiger partial charge is 0.303 e. The molecule has 144 valence electrons. The molecule has 0 saturated carbocycles. The van der Waals surface area contributed by atoms with Crippen molar-refractivity contribution in [2.24, 2.45) is 0 Å². The van der Waals surface area contributed by atoms with Gasteiger partial charge in [-0.3, -0.25) is 9.69 Å². The van der Waals surface area contributed by atoms with Crippen molar-refractivity contribution in [2.75, 3.05) is 13.1 Å². The van der Waals surface area contributed by atoms with Gasteiger partial charge in [0.2, 0.25) is 0 Å². The van der Waals surface area contributed by atoms with Gasteiger partial charge in [0.05, 0.1) is 11.5 Å². The molecule has 0 spiro atoms. The van der Waals surface area contributed by atoms with E-state index in [0.717, 1.165) is 45.2 Å². The van der Waals surface area contributed by atoms with Crippen molar-refractivity contribution in [1.82, 2.24) is 4.90 Å². The average Bonchev–Trinajstić information content (AvgIpc) is 2.91. The minimum absolute atomic E-state index is 0.159. The third-order valence-electron chi connectivity index (χ3n) is 4.69. The van der Waals surface area contributed by atoms with Crippen LogP contribution in [0, 0.1) is 0 Å². The Kier molecular flexibility index (Phi) is 11.9. The largest absolute Gasteiger partial charge is 0.481 e. The van der Waals surface area contributed by atoms with Gasteiger partial charge in [0.1, 0.15) is 0 Å². The molecule has 0 aromatic rings. The van der Waals surface area contributed by atoms with Crippen LogP contribution in [0.4, 0.5) is 0 Å². The molecule has 2 unspecified atom stereocenters. The number of carbonyl (C=O) groups is 1. The van der Waals surface area contributed by atoms with Crippen LogP contribution in [-0.4, -0.2) is 51.7 Å². The summed E-state index contributed by atoms with van der Waals surface area (Å²) in [5, 5.41) is 18.7. The lowest BCUT2D eigenvalue weighted by atomic mass is 10.1. The van der Waals surface area contributed by atoms with Crippen molar-refractivity contribution in [3.8, 4) is 0 Å². The lowest BCUT2D eigenvalue weighted by molar-refractivity contribution is -0.137. The monoisotopic (exact) mass is 371 g/mol. The standard InChI is InChI=1S/C20H34ClNO3/c1-2-3-6-10-17(23)11-9-15-22-16-14-18(21)19(22)12-7-4-5-8-13-20(24)25/h4,7,9,11,17-19,23H,2-3,5-6,8,10,12-16H2,1H3,(H,24,25)/b7-4+,11-9+/t17?,18-,19?/m1/s1. The Morgan fingerprint density at radius 1 is 1.28 bits per heavy atom. The summed E-state index contributed by atoms with van der Waals surface area (Å²) in [4.78, 5) is 12.8. The first kappa shape index (κ1) is 22.2. The summed E-state index contributed by atoms with van der Waals surface area (Å²) in [6.07, 6.45) is 15.7. The molecule has 0 aromatic heterocycles. The minimum atomic E-state index is -0.736. The molecule has 2 N–H and O–H groups in total. The Morgan fingerprint density at radius 2 is 2.08 bits per heavy atom. The van der Waals surface area contributed by atoms with E-state index in [1.807, 2.05) is 6.08 Å². The third-order valence-corrected chi connectivity index (χ3v) is 5.19. The van der Waals surface area contributed by atoms with E-state index in [-0.39, 0.29) is 17.9 Å². The molecule has 1 fully saturated rings. The van der Waals surface area contributed by atoms with Crippen molar-refractivity contribution in [3.63, 3.8) is 0 Å². The predicted molar refractivity (Wildman–Crippen MR) is 104 cm³/mol. The fourth-order valence-corrected chi connectivity index (χ4v) is 3.54. The zero-order chi connectivity index (χ0) is 18.5. The highest BCUT2D eigenvalue weighted by Gasteiger charge is 2.30. The van der Waals surface area contributed by atoms with E-state index in [1.165, 1.54) is 12.8 Å². The molecule has 4 nitrogen and oxygen atoms in total. The van der Waals surface area contributed by atoms with E-state index in [1.54, 1.807) is 0 Å². The van der Waals surface area contributed by atoms with Crippen LogP contribution < -0.4 is 0 Å². The molecule has 5 heteroatoms. The Balaban J connectivity index is 2.30. The number of hydrogen-bond acceptors (Lipinski definition) is 3. The maximum atomic E-state index is 10.5. The number of halogens is 1. The number of aliphatic hydroxyl groups is 1. The van der Waals surface area contributed by atoms with Crippen LogP contribution in [0.2, 0.25) is 0 Å². The second kappa shape index (κ2) is 13.4. The lowest BCUT2D eigenvalue weighted by Gasteiger charge is -2.23. The third kappa shape index (κ3) is 10.0. The van der Waals surface area contributed by atoms with E-state index in [4.69, 9.17) is 16.7 Å². The number of rotatable bonds is 13. The highest BCUT2D eigenvalue weighted by Crippen LogP contribution is 2.25. The van der Waals surface area contributed by atoms with Crippen molar-refractivity contribution in [1.29, 1.82) is 0 Å². The number of carboxylic acid groups (broad SMARTS) is 1. The summed E-state index contributed by atoms with van der Waals surface area (Å²) in [5.74, 6) is -0.736. The SMILES string of the molecule is CCCCCC(O)/C=C/CN1CC[C@@H](Cl)C1C/C=C/CCCC(=O)O. The molecule has 0 radical (unpaired) electrons. The molecule has 0 aliphatic carbocycles. The number of likely N-dealkylation sites (tertiary alicyclic amines) is 1. The van der Waals surface area contributed by atoms with Crippen LogP contribution >= 0.6 is 11.6 Å². The number of hydrogen-bond donors (Lipinski definition) is 2. The van der Waals surface area contributed by atoms with Gasteiger partial charge in [-0.15, -0.1) is 11.6 Å². The van der Waals surface area contributed by atoms with Gasteiger partial charge in [0.25, 0.3) is 0 Å². The van der Waals surface area contributed by atoms with Crippen molar-refractivity contribution in [3.05, 3.63) is 24.3 Å². The Morgan fingerprint density at radius 3 is 2.80 bits per heavy atom. The van der Waals surface area contributed by atoms with Gasteiger partial charge in [-0.05, 0) is 32.1 Å². The molecule has 0 bridgehead atoms. The van der Waals surface area contributed by atoms with E-state index in [9.17, 15) is 9.90 Å². The van der Waals surface area contributed by atoms with Crippen molar-refractivity contribution < 1.29 is 15.0 Å². The van der Waals surface area contributed by atoms with Gasteiger partial charge in [0.15, 0.2) is 0 Å². The average molecular weight is 372 g/mol. The maximum absolute atomic E-state index is 10.5. The van der Waals surface area contributed by atoms with Gasteiger partial charge in [-0.1, -0.05) is 50.5 Å². The highest BCUT2D eigenvalue weighted by atomic mass is 35.5. The van der Waals surface area contributed by atoms with Crippen LogP contribution in [0.25, 0.3) is 0 Å². The number of nitrogens with zero attached hydrogens (tertiary/aromatic N) is 1. The molecule has 1 aliphatic rings. The molecule has 1 heterocycles. The fraction of sp³-hybridized carbons (Fsp3) is 0.750. The Bertz CT molecular complexity index is 425. The number of aliphatic hydroxyl groups excluding tert-OH is 1. The molecule has 0 aromatic carbocycles. The van der Waals surface area contributed by atoms with Crippen LogP contribution in [0.3, 0.4) is 0 Å². The highest BCUT2D eigenvalue weighted by molar-refractivity contribution is 6.21. The molecule has 1 saturated heterocycles. The summed E-state index contributed by atoms with van der Waals surface area (Å²) in [6.45, 7) is 3.98. The number of aliphatic carboxylic acids is 1. The maximum Gasteiger partial charge on any atom is 0.303 e. The molecule has 0 amide bonds.